The number of nitriles is 1. The molecule has 8 nitrogen and oxygen atoms in total. The van der Waals surface area contributed by atoms with Gasteiger partial charge in [-0.05, 0) is 5.92 Å². The van der Waals surface area contributed by atoms with Crippen LogP contribution in [-0.2, 0) is 9.47 Å². The van der Waals surface area contributed by atoms with E-state index in [-0.39, 0.29) is 42.1 Å². The molecule has 1 aliphatic heterocycles. The van der Waals surface area contributed by atoms with Crippen LogP contribution in [0.5, 0.6) is 11.5 Å². The van der Waals surface area contributed by atoms with Gasteiger partial charge in [0.2, 0.25) is 0 Å². The Balaban J connectivity index is 2.21. The number of ether oxygens (including phenoxy) is 4. The average molecular weight is 336 g/mol. The van der Waals surface area contributed by atoms with Crippen molar-refractivity contribution < 1.29 is 23.9 Å². The molecule has 8 heteroatoms. The molecule has 1 atom stereocenters. The molecule has 1 heterocycles. The summed E-state index contributed by atoms with van der Waals surface area (Å²) in [7, 11) is 0. The second kappa shape index (κ2) is 8.47. The Morgan fingerprint density at radius 1 is 1.21 bits per heavy atom. The van der Waals surface area contributed by atoms with Gasteiger partial charge in [0.15, 0.2) is 11.5 Å². The smallest absolute Gasteiger partial charge is 0.291 e. The van der Waals surface area contributed by atoms with Gasteiger partial charge in [0.1, 0.15) is 24.8 Å². The van der Waals surface area contributed by atoms with Crippen molar-refractivity contribution in [1.29, 1.82) is 5.26 Å². The molecule has 2 rings (SSSR count). The molecule has 1 aromatic rings. The van der Waals surface area contributed by atoms with Gasteiger partial charge in [0.05, 0.1) is 36.9 Å². The molecule has 0 N–H and O–H groups in total. The van der Waals surface area contributed by atoms with Crippen molar-refractivity contribution in [3.63, 3.8) is 0 Å². The standard InChI is InChI=1S/C16H20N2O6/c1-11(2)16-10-21-3-4-22-14-7-12(9-17)13(18(19)20)8-15(14)23-5-6-24-16/h7-8,11,16H,3-6,10H2,1-2H3. The van der Waals surface area contributed by atoms with Crippen molar-refractivity contribution in [2.75, 3.05) is 33.0 Å². The minimum Gasteiger partial charge on any atom is -0.487 e. The third kappa shape index (κ3) is 4.57. The maximum atomic E-state index is 11.1. The van der Waals surface area contributed by atoms with Crippen LogP contribution >= 0.6 is 0 Å². The second-order valence-electron chi connectivity index (χ2n) is 5.61. The van der Waals surface area contributed by atoms with Gasteiger partial charge in [-0.1, -0.05) is 13.8 Å². The zero-order valence-electron chi connectivity index (χ0n) is 13.7. The number of nitro groups is 1. The van der Waals surface area contributed by atoms with Crippen molar-refractivity contribution in [3.8, 4) is 17.6 Å². The minimum absolute atomic E-state index is 0.0530. The van der Waals surface area contributed by atoms with Crippen LogP contribution in [0.25, 0.3) is 0 Å². The van der Waals surface area contributed by atoms with Crippen LogP contribution < -0.4 is 9.47 Å². The van der Waals surface area contributed by atoms with Crippen molar-refractivity contribution >= 4 is 5.69 Å². The summed E-state index contributed by atoms with van der Waals surface area (Å²) in [5.41, 5.74) is -0.393. The largest absolute Gasteiger partial charge is 0.487 e. The van der Waals surface area contributed by atoms with Gasteiger partial charge in [0.25, 0.3) is 5.69 Å². The quantitative estimate of drug-likeness (QED) is 0.603. The van der Waals surface area contributed by atoms with Gasteiger partial charge < -0.3 is 18.9 Å². The summed E-state index contributed by atoms with van der Waals surface area (Å²) >= 11 is 0. The Hall–Kier alpha value is -2.37. The lowest BCUT2D eigenvalue weighted by molar-refractivity contribution is -0.385. The molecular formula is C16H20N2O6. The van der Waals surface area contributed by atoms with Crippen molar-refractivity contribution in [3.05, 3.63) is 27.8 Å². The number of nitrogens with zero attached hydrogens (tertiary/aromatic N) is 2. The molecule has 0 aromatic heterocycles. The molecule has 1 aromatic carbocycles. The number of fused-ring (bicyclic) bond motifs is 1. The topological polar surface area (TPSA) is 104 Å². The molecule has 0 saturated carbocycles. The van der Waals surface area contributed by atoms with Crippen LogP contribution in [-0.4, -0.2) is 44.1 Å². The van der Waals surface area contributed by atoms with Crippen LogP contribution in [0.15, 0.2) is 12.1 Å². The van der Waals surface area contributed by atoms with Gasteiger partial charge in [-0.25, -0.2) is 0 Å². The monoisotopic (exact) mass is 336 g/mol. The lowest BCUT2D eigenvalue weighted by Crippen LogP contribution is -2.29. The zero-order chi connectivity index (χ0) is 17.5. The first-order valence-corrected chi connectivity index (χ1v) is 7.70. The van der Waals surface area contributed by atoms with Gasteiger partial charge in [-0.2, -0.15) is 5.26 Å². The molecule has 0 spiro atoms. The lowest BCUT2D eigenvalue weighted by atomic mass is 10.1. The zero-order valence-corrected chi connectivity index (χ0v) is 13.7. The van der Waals surface area contributed by atoms with Gasteiger partial charge in [-0.15, -0.1) is 0 Å². The molecule has 0 bridgehead atoms. The fourth-order valence-electron chi connectivity index (χ4n) is 2.21. The summed E-state index contributed by atoms with van der Waals surface area (Å²) in [6.45, 7) is 5.65. The lowest BCUT2D eigenvalue weighted by Gasteiger charge is -2.23. The molecule has 0 saturated heterocycles. The molecule has 1 aliphatic rings. The van der Waals surface area contributed by atoms with E-state index < -0.39 is 4.92 Å². The van der Waals surface area contributed by atoms with Gasteiger partial charge in [0, 0.05) is 6.07 Å². The number of nitro benzene ring substituents is 1. The summed E-state index contributed by atoms with van der Waals surface area (Å²) in [6.07, 6.45) is -0.0530. The predicted octanol–water partition coefficient (Wildman–Crippen LogP) is 2.30. The van der Waals surface area contributed by atoms with E-state index in [1.165, 1.54) is 12.1 Å². The van der Waals surface area contributed by atoms with E-state index in [2.05, 4.69) is 0 Å². The summed E-state index contributed by atoms with van der Waals surface area (Å²) in [5.74, 6) is 0.785. The first-order chi connectivity index (χ1) is 11.5. The molecule has 130 valence electrons. The Labute approximate surface area is 140 Å². The highest BCUT2D eigenvalue weighted by molar-refractivity contribution is 5.58. The Morgan fingerprint density at radius 2 is 1.88 bits per heavy atom. The van der Waals surface area contributed by atoms with E-state index in [0.717, 1.165) is 0 Å². The molecule has 0 amide bonds. The van der Waals surface area contributed by atoms with Crippen molar-refractivity contribution in [2.24, 2.45) is 5.92 Å². The molecule has 1 unspecified atom stereocenters. The van der Waals surface area contributed by atoms with Gasteiger partial charge >= 0.3 is 0 Å². The third-order valence-corrected chi connectivity index (χ3v) is 3.56. The normalized spacial score (nSPS) is 19.0. The summed E-state index contributed by atoms with van der Waals surface area (Å²) in [4.78, 5) is 10.5. The third-order valence-electron chi connectivity index (χ3n) is 3.56. The molecule has 0 radical (unpaired) electrons. The molecular weight excluding hydrogens is 316 g/mol. The van der Waals surface area contributed by atoms with E-state index in [1.807, 2.05) is 13.8 Å². The van der Waals surface area contributed by atoms with Crippen LogP contribution in [0.4, 0.5) is 5.69 Å². The van der Waals surface area contributed by atoms with E-state index >= 15 is 0 Å². The summed E-state index contributed by atoms with van der Waals surface area (Å²) in [5, 5.41) is 20.1. The van der Waals surface area contributed by atoms with Crippen molar-refractivity contribution in [2.45, 2.75) is 20.0 Å². The fourth-order valence-corrected chi connectivity index (χ4v) is 2.21. The van der Waals surface area contributed by atoms with E-state index in [1.54, 1.807) is 6.07 Å². The van der Waals surface area contributed by atoms with E-state index in [9.17, 15) is 10.1 Å². The first kappa shape index (κ1) is 18.0. The average Bonchev–Trinajstić information content (AvgIpc) is 2.54. The number of hydrogen-bond donors (Lipinski definition) is 0. The van der Waals surface area contributed by atoms with E-state index in [0.29, 0.717) is 25.7 Å². The molecule has 0 fully saturated rings. The first-order valence-electron chi connectivity index (χ1n) is 7.70. The predicted molar refractivity (Wildman–Crippen MR) is 84.2 cm³/mol. The summed E-state index contributed by atoms with van der Waals surface area (Å²) < 4.78 is 22.4. The fraction of sp³-hybridized carbons (Fsp3) is 0.562. The molecule has 0 aliphatic carbocycles. The van der Waals surface area contributed by atoms with E-state index in [4.69, 9.17) is 24.2 Å². The number of benzene rings is 1. The highest BCUT2D eigenvalue weighted by atomic mass is 16.6. The number of rotatable bonds is 2. The highest BCUT2D eigenvalue weighted by Gasteiger charge is 2.21. The Morgan fingerprint density at radius 3 is 2.50 bits per heavy atom. The van der Waals surface area contributed by atoms with Gasteiger partial charge in [-0.3, -0.25) is 10.1 Å². The van der Waals surface area contributed by atoms with Crippen LogP contribution in [0.1, 0.15) is 19.4 Å². The minimum atomic E-state index is -0.618. The highest BCUT2D eigenvalue weighted by Crippen LogP contribution is 2.34. The van der Waals surface area contributed by atoms with Crippen molar-refractivity contribution in [1.82, 2.24) is 0 Å². The molecule has 24 heavy (non-hydrogen) atoms. The number of hydrogen-bond acceptors (Lipinski definition) is 7. The second-order valence-corrected chi connectivity index (χ2v) is 5.61. The Bertz CT molecular complexity index is 626. The van der Waals surface area contributed by atoms with Crippen LogP contribution in [0.3, 0.4) is 0 Å². The summed E-state index contributed by atoms with van der Waals surface area (Å²) in [6, 6.07) is 4.32. The Kier molecular flexibility index (Phi) is 6.35. The maximum absolute atomic E-state index is 11.1. The SMILES string of the molecule is CC(C)C1COCCOc2cc(C#N)c([N+](=O)[O-])cc2OCCO1. The maximum Gasteiger partial charge on any atom is 0.291 e. The van der Waals surface area contributed by atoms with Crippen LogP contribution in [0, 0.1) is 27.4 Å². The van der Waals surface area contributed by atoms with Crippen LogP contribution in [0.2, 0.25) is 0 Å².